The molecule has 0 spiro atoms. The molecule has 0 saturated carbocycles. The summed E-state index contributed by atoms with van der Waals surface area (Å²) in [6.45, 7) is 2.08. The second-order valence-corrected chi connectivity index (χ2v) is 13.2. The molecule has 0 unspecified atom stereocenters. The fourth-order valence-corrected chi connectivity index (χ4v) is 7.01. The number of nitrogens with zero attached hydrogens (tertiary/aromatic N) is 2. The number of hydrogen-bond acceptors (Lipinski definition) is 6. The molecule has 4 aromatic rings. The first-order valence-electron chi connectivity index (χ1n) is 14.7. The van der Waals surface area contributed by atoms with Crippen LogP contribution in [0.2, 0.25) is 10.0 Å². The van der Waals surface area contributed by atoms with Crippen molar-refractivity contribution < 1.29 is 27.5 Å². The lowest BCUT2D eigenvalue weighted by atomic mass is 10.0. The Kier molecular flexibility index (Phi) is 10.7. The highest BCUT2D eigenvalue weighted by Crippen LogP contribution is 2.36. The van der Waals surface area contributed by atoms with E-state index >= 15 is 0 Å². The van der Waals surface area contributed by atoms with Crippen LogP contribution in [-0.2, 0) is 32.6 Å². The number of sulfonamides is 1. The predicted octanol–water partition coefficient (Wildman–Crippen LogP) is 5.74. The molecule has 240 valence electrons. The number of benzene rings is 4. The number of anilines is 1. The van der Waals surface area contributed by atoms with Crippen LogP contribution in [0, 0.1) is 0 Å². The van der Waals surface area contributed by atoms with Gasteiger partial charge < -0.3 is 19.7 Å². The van der Waals surface area contributed by atoms with Crippen molar-refractivity contribution >= 4 is 50.7 Å². The zero-order valence-electron chi connectivity index (χ0n) is 25.1. The smallest absolute Gasteiger partial charge is 0.264 e. The van der Waals surface area contributed by atoms with Gasteiger partial charge in [-0.2, -0.15) is 0 Å². The quantitative estimate of drug-likeness (QED) is 0.205. The van der Waals surface area contributed by atoms with Crippen LogP contribution in [-0.4, -0.2) is 57.5 Å². The van der Waals surface area contributed by atoms with Crippen LogP contribution >= 0.6 is 23.2 Å². The molecule has 0 aliphatic carbocycles. The van der Waals surface area contributed by atoms with Gasteiger partial charge in [-0.05, 0) is 54.4 Å². The van der Waals surface area contributed by atoms with Crippen molar-refractivity contribution in [2.75, 3.05) is 30.6 Å². The number of likely N-dealkylation sites (N-methyl/N-ethyl adjacent to an activating group) is 1. The standard InChI is InChI=1S/C34H33Cl2N3O6S/c1-2-37-34(41)30(19-24-9-5-3-6-10-24)38(22-25-13-14-26(35)20-29(25)36)33(40)23-39(46(42,43)28-11-7-4-8-12-28)27-15-16-31-32(21-27)45-18-17-44-31/h3-16,20-21,30H,2,17-19,22-23H2,1H3,(H,37,41)/t30-/m0/s1. The summed E-state index contributed by atoms with van der Waals surface area (Å²) in [4.78, 5) is 29.5. The molecule has 4 aromatic carbocycles. The van der Waals surface area contributed by atoms with Gasteiger partial charge in [0.05, 0.1) is 10.6 Å². The van der Waals surface area contributed by atoms with Gasteiger partial charge in [0.15, 0.2) is 11.5 Å². The zero-order chi connectivity index (χ0) is 32.7. The molecule has 1 aliphatic rings. The van der Waals surface area contributed by atoms with E-state index in [1.54, 1.807) is 55.5 Å². The third kappa shape index (κ3) is 7.75. The summed E-state index contributed by atoms with van der Waals surface area (Å²) in [5.41, 5.74) is 1.56. The van der Waals surface area contributed by atoms with Crippen molar-refractivity contribution in [2.24, 2.45) is 0 Å². The van der Waals surface area contributed by atoms with E-state index in [-0.39, 0.29) is 29.5 Å². The number of amides is 2. The summed E-state index contributed by atoms with van der Waals surface area (Å²) in [6, 6.07) is 25.7. The molecule has 0 aromatic heterocycles. The second-order valence-electron chi connectivity index (χ2n) is 10.5. The van der Waals surface area contributed by atoms with Gasteiger partial charge in [0.1, 0.15) is 25.8 Å². The van der Waals surface area contributed by atoms with Crippen LogP contribution in [0.15, 0.2) is 102 Å². The molecular formula is C34H33Cl2N3O6S. The van der Waals surface area contributed by atoms with Crippen molar-refractivity contribution in [1.82, 2.24) is 10.2 Å². The predicted molar refractivity (Wildman–Crippen MR) is 178 cm³/mol. The maximum atomic E-state index is 14.5. The fraction of sp³-hybridized carbons (Fsp3) is 0.235. The Morgan fingerprint density at radius 1 is 0.870 bits per heavy atom. The molecular weight excluding hydrogens is 649 g/mol. The normalized spacial score (nSPS) is 13.0. The summed E-state index contributed by atoms with van der Waals surface area (Å²) in [5, 5.41) is 3.55. The van der Waals surface area contributed by atoms with Crippen molar-refractivity contribution in [3.05, 3.63) is 118 Å². The Hall–Kier alpha value is -4.25. The monoisotopic (exact) mass is 681 g/mol. The first kappa shape index (κ1) is 33.1. The molecule has 0 bridgehead atoms. The lowest BCUT2D eigenvalue weighted by Crippen LogP contribution is -2.53. The fourth-order valence-electron chi connectivity index (χ4n) is 5.12. The number of fused-ring (bicyclic) bond motifs is 1. The van der Waals surface area contributed by atoms with Gasteiger partial charge in [0, 0.05) is 35.6 Å². The molecule has 9 nitrogen and oxygen atoms in total. The van der Waals surface area contributed by atoms with Crippen LogP contribution in [0.25, 0.3) is 0 Å². The molecule has 1 aliphatic heterocycles. The maximum absolute atomic E-state index is 14.5. The van der Waals surface area contributed by atoms with Crippen LogP contribution in [0.5, 0.6) is 11.5 Å². The number of carbonyl (C=O) groups is 2. The van der Waals surface area contributed by atoms with Crippen molar-refractivity contribution in [1.29, 1.82) is 0 Å². The molecule has 0 fully saturated rings. The number of carbonyl (C=O) groups excluding carboxylic acids is 2. The summed E-state index contributed by atoms with van der Waals surface area (Å²) >= 11 is 12.7. The van der Waals surface area contributed by atoms with E-state index in [1.165, 1.54) is 23.1 Å². The van der Waals surface area contributed by atoms with Gasteiger partial charge in [-0.3, -0.25) is 13.9 Å². The topological polar surface area (TPSA) is 105 Å². The first-order chi connectivity index (χ1) is 22.2. The molecule has 12 heteroatoms. The van der Waals surface area contributed by atoms with Crippen LogP contribution in [0.4, 0.5) is 5.69 Å². The van der Waals surface area contributed by atoms with Gasteiger partial charge >= 0.3 is 0 Å². The number of rotatable bonds is 12. The maximum Gasteiger partial charge on any atom is 0.264 e. The van der Waals surface area contributed by atoms with E-state index in [0.29, 0.717) is 46.9 Å². The summed E-state index contributed by atoms with van der Waals surface area (Å²) < 4.78 is 40.7. The molecule has 0 radical (unpaired) electrons. The number of hydrogen-bond donors (Lipinski definition) is 1. The number of halogens is 2. The molecule has 1 atom stereocenters. The third-order valence-corrected chi connectivity index (χ3v) is 9.78. The minimum absolute atomic E-state index is 0.00505. The average molecular weight is 683 g/mol. The van der Waals surface area contributed by atoms with E-state index < -0.39 is 28.5 Å². The van der Waals surface area contributed by atoms with Gasteiger partial charge in [-0.15, -0.1) is 0 Å². The summed E-state index contributed by atoms with van der Waals surface area (Å²) in [5.74, 6) is -0.177. The van der Waals surface area contributed by atoms with Gasteiger partial charge in [-0.1, -0.05) is 77.8 Å². The average Bonchev–Trinajstić information content (AvgIpc) is 3.06. The second kappa shape index (κ2) is 14.9. The Labute approximate surface area is 278 Å². The van der Waals surface area contributed by atoms with Crippen LogP contribution in [0.1, 0.15) is 18.1 Å². The molecule has 1 N–H and O–H groups in total. The molecule has 1 heterocycles. The van der Waals surface area contributed by atoms with E-state index in [1.807, 2.05) is 30.3 Å². The van der Waals surface area contributed by atoms with Crippen molar-refractivity contribution in [2.45, 2.75) is 30.8 Å². The Balaban J connectivity index is 1.59. The zero-order valence-corrected chi connectivity index (χ0v) is 27.4. The van der Waals surface area contributed by atoms with Crippen molar-refractivity contribution in [3.63, 3.8) is 0 Å². The molecule has 2 amide bonds. The van der Waals surface area contributed by atoms with E-state index in [2.05, 4.69) is 5.32 Å². The van der Waals surface area contributed by atoms with E-state index in [4.69, 9.17) is 32.7 Å². The Morgan fingerprint density at radius 3 is 2.22 bits per heavy atom. The molecule has 5 rings (SSSR count). The number of ether oxygens (including phenoxy) is 2. The van der Waals surface area contributed by atoms with Gasteiger partial charge in [0.25, 0.3) is 10.0 Å². The van der Waals surface area contributed by atoms with Crippen LogP contribution < -0.4 is 19.1 Å². The van der Waals surface area contributed by atoms with E-state index in [9.17, 15) is 18.0 Å². The Bertz CT molecular complexity index is 1790. The summed E-state index contributed by atoms with van der Waals surface area (Å²) in [6.07, 6.45) is 0.180. The van der Waals surface area contributed by atoms with Crippen molar-refractivity contribution in [3.8, 4) is 11.5 Å². The lowest BCUT2D eigenvalue weighted by Gasteiger charge is -2.34. The Morgan fingerprint density at radius 2 is 1.54 bits per heavy atom. The lowest BCUT2D eigenvalue weighted by molar-refractivity contribution is -0.140. The van der Waals surface area contributed by atoms with Gasteiger partial charge in [-0.25, -0.2) is 8.42 Å². The highest BCUT2D eigenvalue weighted by Gasteiger charge is 2.35. The third-order valence-electron chi connectivity index (χ3n) is 7.40. The van der Waals surface area contributed by atoms with Crippen LogP contribution in [0.3, 0.4) is 0 Å². The molecule has 46 heavy (non-hydrogen) atoms. The first-order valence-corrected chi connectivity index (χ1v) is 16.9. The van der Waals surface area contributed by atoms with E-state index in [0.717, 1.165) is 9.87 Å². The van der Waals surface area contributed by atoms with Gasteiger partial charge in [0.2, 0.25) is 11.8 Å². The SMILES string of the molecule is CCNC(=O)[C@H](Cc1ccccc1)N(Cc1ccc(Cl)cc1Cl)C(=O)CN(c1ccc2c(c1)OCCO2)S(=O)(=O)c1ccccc1. The minimum Gasteiger partial charge on any atom is -0.486 e. The summed E-state index contributed by atoms with van der Waals surface area (Å²) in [7, 11) is -4.27. The highest BCUT2D eigenvalue weighted by molar-refractivity contribution is 7.92. The highest BCUT2D eigenvalue weighted by atomic mass is 35.5. The number of nitrogens with one attached hydrogen (secondary N) is 1. The largest absolute Gasteiger partial charge is 0.486 e. The minimum atomic E-state index is -4.27. The molecule has 0 saturated heterocycles.